The molecule has 184 valence electrons. The van der Waals surface area contributed by atoms with Gasteiger partial charge in [0, 0.05) is 28.8 Å². The number of phenolic OH excluding ortho intramolecular Hbond substituents is 1. The summed E-state index contributed by atoms with van der Waals surface area (Å²) in [6.07, 6.45) is 3.07. The molecular weight excluding hydrogens is 490 g/mol. The molecule has 8 nitrogen and oxygen atoms in total. The van der Waals surface area contributed by atoms with Gasteiger partial charge < -0.3 is 9.84 Å². The van der Waals surface area contributed by atoms with Gasteiger partial charge in [-0.3, -0.25) is 19.5 Å². The summed E-state index contributed by atoms with van der Waals surface area (Å²) in [7, 11) is 1.61. The molecule has 6 rings (SSSR count). The minimum atomic E-state index is -0.536. The predicted octanol–water partition coefficient (Wildman–Crippen LogP) is 3.94. The van der Waals surface area contributed by atoms with Crippen molar-refractivity contribution < 1.29 is 14.8 Å². The van der Waals surface area contributed by atoms with Gasteiger partial charge in [0.2, 0.25) is 0 Å². The van der Waals surface area contributed by atoms with E-state index >= 15 is 0 Å². The third-order valence-electron chi connectivity index (χ3n) is 6.81. The highest BCUT2D eigenvalue weighted by Crippen LogP contribution is 2.43. The molecular formula is C28H21N3O5S. The van der Waals surface area contributed by atoms with Crippen molar-refractivity contribution in [1.82, 2.24) is 4.57 Å². The van der Waals surface area contributed by atoms with Crippen LogP contribution in [0.3, 0.4) is 0 Å². The first-order valence-electron chi connectivity index (χ1n) is 11.7. The van der Waals surface area contributed by atoms with Crippen molar-refractivity contribution in [3.05, 3.63) is 124 Å². The SMILES string of the molecule is COc1ccccc1[C@@H]1C2=C(N=c3s/c(=C/c4cc([N+](=O)[O-])ccc4O)c(=O)n31)c1ccccc1CC2. The Kier molecular flexibility index (Phi) is 5.49. The molecule has 0 fully saturated rings. The Morgan fingerprint density at radius 3 is 2.73 bits per heavy atom. The van der Waals surface area contributed by atoms with Crippen LogP contribution in [0.1, 0.15) is 34.7 Å². The third-order valence-corrected chi connectivity index (χ3v) is 7.80. The number of hydrogen-bond donors (Lipinski definition) is 1. The number of allylic oxidation sites excluding steroid dienone is 1. The van der Waals surface area contributed by atoms with E-state index in [1.807, 2.05) is 36.4 Å². The van der Waals surface area contributed by atoms with Crippen LogP contribution in [0.2, 0.25) is 0 Å². The number of aryl methyl sites for hydroxylation is 1. The summed E-state index contributed by atoms with van der Waals surface area (Å²) in [5.41, 5.74) is 4.78. The number of nitro benzene ring substituents is 1. The van der Waals surface area contributed by atoms with E-state index in [1.54, 1.807) is 11.7 Å². The quantitative estimate of drug-likeness (QED) is 0.330. The smallest absolute Gasteiger partial charge is 0.271 e. The summed E-state index contributed by atoms with van der Waals surface area (Å²) in [6, 6.07) is 19.1. The predicted molar refractivity (Wildman–Crippen MR) is 141 cm³/mol. The molecule has 1 aliphatic carbocycles. The van der Waals surface area contributed by atoms with Gasteiger partial charge in [0.1, 0.15) is 11.5 Å². The molecule has 1 N–H and O–H groups in total. The highest BCUT2D eigenvalue weighted by molar-refractivity contribution is 7.07. The molecule has 3 aromatic carbocycles. The van der Waals surface area contributed by atoms with Crippen LogP contribution in [0.25, 0.3) is 11.8 Å². The number of nitrogens with zero attached hydrogens (tertiary/aromatic N) is 3. The van der Waals surface area contributed by atoms with Gasteiger partial charge in [-0.2, -0.15) is 0 Å². The van der Waals surface area contributed by atoms with E-state index in [1.165, 1.54) is 41.2 Å². The van der Waals surface area contributed by atoms with Crippen LogP contribution in [-0.2, 0) is 6.42 Å². The monoisotopic (exact) mass is 511 g/mol. The molecule has 0 bridgehead atoms. The number of para-hydroxylation sites is 1. The fraction of sp³-hybridized carbons (Fsp3) is 0.143. The van der Waals surface area contributed by atoms with Crippen molar-refractivity contribution in [2.45, 2.75) is 18.9 Å². The van der Waals surface area contributed by atoms with Crippen LogP contribution < -0.4 is 19.6 Å². The zero-order valence-electron chi connectivity index (χ0n) is 19.7. The zero-order valence-corrected chi connectivity index (χ0v) is 20.6. The zero-order chi connectivity index (χ0) is 25.7. The first kappa shape index (κ1) is 22.9. The van der Waals surface area contributed by atoms with Gasteiger partial charge in [0.25, 0.3) is 11.2 Å². The molecule has 0 unspecified atom stereocenters. The fourth-order valence-electron chi connectivity index (χ4n) is 5.10. The van der Waals surface area contributed by atoms with E-state index in [0.717, 1.165) is 35.2 Å². The molecule has 37 heavy (non-hydrogen) atoms. The van der Waals surface area contributed by atoms with E-state index in [-0.39, 0.29) is 22.6 Å². The lowest BCUT2D eigenvalue weighted by molar-refractivity contribution is -0.384. The summed E-state index contributed by atoms with van der Waals surface area (Å²) in [4.78, 5) is 30.1. The van der Waals surface area contributed by atoms with E-state index in [2.05, 4.69) is 12.1 Å². The summed E-state index contributed by atoms with van der Waals surface area (Å²) in [6.45, 7) is 0. The number of benzene rings is 3. The van der Waals surface area contributed by atoms with Gasteiger partial charge in [0.15, 0.2) is 4.80 Å². The molecule has 0 spiro atoms. The number of fused-ring (bicyclic) bond motifs is 3. The highest BCUT2D eigenvalue weighted by atomic mass is 32.1. The van der Waals surface area contributed by atoms with Gasteiger partial charge in [-0.25, -0.2) is 4.99 Å². The number of methoxy groups -OCH3 is 1. The Morgan fingerprint density at radius 2 is 1.92 bits per heavy atom. The van der Waals surface area contributed by atoms with Crippen LogP contribution in [0.4, 0.5) is 5.69 Å². The molecule has 2 aliphatic rings. The lowest BCUT2D eigenvalue weighted by Gasteiger charge is -2.31. The molecule has 0 amide bonds. The molecule has 0 radical (unpaired) electrons. The highest BCUT2D eigenvalue weighted by Gasteiger charge is 2.34. The molecule has 1 aliphatic heterocycles. The van der Waals surface area contributed by atoms with E-state index < -0.39 is 11.0 Å². The van der Waals surface area contributed by atoms with Crippen LogP contribution in [-0.4, -0.2) is 21.7 Å². The number of ether oxygens (including phenoxy) is 1. The Balaban J connectivity index is 1.64. The second kappa shape index (κ2) is 8.86. The van der Waals surface area contributed by atoms with E-state index in [9.17, 15) is 20.0 Å². The second-order valence-corrected chi connectivity index (χ2v) is 9.86. The van der Waals surface area contributed by atoms with Crippen molar-refractivity contribution in [3.8, 4) is 11.5 Å². The van der Waals surface area contributed by atoms with Crippen LogP contribution in [0.15, 0.2) is 82.1 Å². The molecule has 0 saturated carbocycles. The van der Waals surface area contributed by atoms with Crippen molar-refractivity contribution in [2.75, 3.05) is 7.11 Å². The molecule has 4 aromatic rings. The van der Waals surface area contributed by atoms with E-state index in [4.69, 9.17) is 9.73 Å². The first-order chi connectivity index (χ1) is 18.0. The number of aromatic hydroxyl groups is 1. The van der Waals surface area contributed by atoms with Gasteiger partial charge in [-0.05, 0) is 42.2 Å². The van der Waals surface area contributed by atoms with Crippen molar-refractivity contribution >= 4 is 28.8 Å². The number of aromatic nitrogens is 1. The molecule has 1 atom stereocenters. The third kappa shape index (κ3) is 3.75. The number of phenols is 1. The van der Waals surface area contributed by atoms with Crippen molar-refractivity contribution in [3.63, 3.8) is 0 Å². The van der Waals surface area contributed by atoms with Gasteiger partial charge >= 0.3 is 0 Å². The van der Waals surface area contributed by atoms with Crippen LogP contribution in [0.5, 0.6) is 11.5 Å². The van der Waals surface area contributed by atoms with Crippen LogP contribution in [0, 0.1) is 10.1 Å². The number of nitro groups is 1. The standard InChI is InChI=1S/C28H21N3O5S/c1-36-23-9-5-4-8-20(23)26-21-12-10-16-6-2-3-7-19(16)25(21)29-28-30(26)27(33)24(37-28)15-17-14-18(31(34)35)11-13-22(17)32/h2-9,11,13-15,26,32H,10,12H2,1H3/b24-15+/t26-/m1/s1. The lowest BCUT2D eigenvalue weighted by Crippen LogP contribution is -2.39. The Labute approximate surface area is 214 Å². The normalized spacial score (nSPS) is 16.5. The Bertz CT molecular complexity index is 1800. The maximum atomic E-state index is 13.9. The maximum Gasteiger partial charge on any atom is 0.271 e. The molecule has 2 heterocycles. The van der Waals surface area contributed by atoms with Gasteiger partial charge in [-0.15, -0.1) is 0 Å². The minimum absolute atomic E-state index is 0.147. The van der Waals surface area contributed by atoms with E-state index in [0.29, 0.717) is 15.1 Å². The first-order valence-corrected chi connectivity index (χ1v) is 12.5. The minimum Gasteiger partial charge on any atom is -0.507 e. The summed E-state index contributed by atoms with van der Waals surface area (Å²) < 4.78 is 7.68. The second-order valence-electron chi connectivity index (χ2n) is 8.86. The van der Waals surface area contributed by atoms with Crippen molar-refractivity contribution in [2.24, 2.45) is 4.99 Å². The van der Waals surface area contributed by atoms with Gasteiger partial charge in [-0.1, -0.05) is 53.8 Å². The summed E-state index contributed by atoms with van der Waals surface area (Å²) in [5, 5.41) is 21.6. The number of hydrogen-bond acceptors (Lipinski definition) is 7. The average Bonchev–Trinajstić information content (AvgIpc) is 3.22. The Morgan fingerprint density at radius 1 is 1.14 bits per heavy atom. The van der Waals surface area contributed by atoms with Gasteiger partial charge in [0.05, 0.1) is 28.3 Å². The van der Waals surface area contributed by atoms with Crippen molar-refractivity contribution in [1.29, 1.82) is 0 Å². The lowest BCUT2D eigenvalue weighted by atomic mass is 9.83. The summed E-state index contributed by atoms with van der Waals surface area (Å²) in [5.74, 6) is 0.525. The maximum absolute atomic E-state index is 13.9. The summed E-state index contributed by atoms with van der Waals surface area (Å²) >= 11 is 1.19. The number of rotatable bonds is 4. The largest absolute Gasteiger partial charge is 0.507 e. The van der Waals surface area contributed by atoms with Crippen LogP contribution >= 0.6 is 11.3 Å². The molecule has 1 aromatic heterocycles. The molecule has 0 saturated heterocycles. The Hall–Kier alpha value is -4.50. The number of thiazole rings is 1. The fourth-order valence-corrected chi connectivity index (χ4v) is 6.10. The average molecular weight is 512 g/mol. The number of non-ortho nitro benzene ring substituents is 1. The topological polar surface area (TPSA) is 107 Å². The molecule has 9 heteroatoms.